The Morgan fingerprint density at radius 2 is 2.03 bits per heavy atom. The lowest BCUT2D eigenvalue weighted by Gasteiger charge is -2.17. The predicted octanol–water partition coefficient (Wildman–Crippen LogP) is 0.295. The fourth-order valence-electron chi connectivity index (χ4n) is 3.32. The Labute approximate surface area is 211 Å². The van der Waals surface area contributed by atoms with Crippen LogP contribution in [0.3, 0.4) is 0 Å². The molecule has 2 heterocycles. The first-order valence-electron chi connectivity index (χ1n) is 11.2. The average molecular weight is 539 g/mol. The Morgan fingerprint density at radius 1 is 1.30 bits per heavy atom. The van der Waals surface area contributed by atoms with Gasteiger partial charge in [0.05, 0.1) is 12.7 Å². The lowest BCUT2D eigenvalue weighted by molar-refractivity contribution is -0.169. The number of nitrogens with zero attached hydrogens (tertiary/aromatic N) is 2. The lowest BCUT2D eigenvalue weighted by Crippen LogP contribution is -2.32. The third kappa shape index (κ3) is 8.22. The van der Waals surface area contributed by atoms with Gasteiger partial charge in [0.15, 0.2) is 11.8 Å². The number of carboxylic acids is 1. The number of aliphatic hydroxyl groups excluding tert-OH is 1. The number of carbonyl (C=O) groups excluding carboxylic acids is 1. The molecule has 1 saturated heterocycles. The van der Waals surface area contributed by atoms with Gasteiger partial charge in [-0.1, -0.05) is 16.9 Å². The molecular formula is C22H26N3O11P. The molecule has 3 N–H and O–H groups in total. The van der Waals surface area contributed by atoms with E-state index in [0.717, 1.165) is 4.57 Å². The van der Waals surface area contributed by atoms with E-state index in [0.29, 0.717) is 0 Å². The van der Waals surface area contributed by atoms with E-state index in [1.807, 2.05) is 0 Å². The molecule has 1 aromatic carbocycles. The monoisotopic (exact) mass is 539 g/mol. The van der Waals surface area contributed by atoms with Crippen LogP contribution in [-0.4, -0.2) is 63.2 Å². The summed E-state index contributed by atoms with van der Waals surface area (Å²) < 4.78 is 26.6. The highest BCUT2D eigenvalue weighted by molar-refractivity contribution is 7.34. The highest BCUT2D eigenvalue weighted by Gasteiger charge is 2.36. The largest absolute Gasteiger partial charge is 0.575 e. The minimum Gasteiger partial charge on any atom is -0.575 e. The van der Waals surface area contributed by atoms with E-state index in [1.54, 1.807) is 12.1 Å². The van der Waals surface area contributed by atoms with Crippen molar-refractivity contribution in [3.63, 3.8) is 0 Å². The number of aromatic amines is 1. The van der Waals surface area contributed by atoms with Gasteiger partial charge in [0.2, 0.25) is 5.75 Å². The van der Waals surface area contributed by atoms with Gasteiger partial charge in [0, 0.05) is 25.1 Å². The van der Waals surface area contributed by atoms with E-state index >= 15 is 0 Å². The van der Waals surface area contributed by atoms with Gasteiger partial charge in [-0.15, -0.1) is 0 Å². The Morgan fingerprint density at radius 3 is 2.73 bits per heavy atom. The summed E-state index contributed by atoms with van der Waals surface area (Å²) in [6.45, 7) is 1.12. The van der Waals surface area contributed by atoms with Crippen molar-refractivity contribution < 1.29 is 43.4 Å². The summed E-state index contributed by atoms with van der Waals surface area (Å²) in [5.74, 6) is -1.55. The van der Waals surface area contributed by atoms with E-state index in [-0.39, 0.29) is 44.0 Å². The molecule has 1 aromatic heterocycles. The second kappa shape index (κ2) is 13.1. The van der Waals surface area contributed by atoms with Gasteiger partial charge < -0.3 is 29.3 Å². The van der Waals surface area contributed by atoms with Crippen molar-refractivity contribution in [2.75, 3.05) is 13.2 Å². The van der Waals surface area contributed by atoms with Crippen LogP contribution >= 0.6 is 8.17 Å². The molecule has 2 aromatic rings. The zero-order valence-electron chi connectivity index (χ0n) is 19.7. The minimum atomic E-state index is -2.70. The smallest absolute Gasteiger partial charge is 0.395 e. The normalized spacial score (nSPS) is 20.3. The number of carbonyl (C=O) groups is 2. The molecule has 3 rings (SSSR count). The summed E-state index contributed by atoms with van der Waals surface area (Å²) >= 11 is 0. The molecule has 0 spiro atoms. The van der Waals surface area contributed by atoms with Crippen LogP contribution in [0.2, 0.25) is 0 Å². The van der Waals surface area contributed by atoms with Crippen LogP contribution in [-0.2, 0) is 19.1 Å². The number of aliphatic carboxylic acids is 1. The summed E-state index contributed by atoms with van der Waals surface area (Å²) in [4.78, 5) is 60.2. The molecule has 15 heteroatoms. The number of nitrogens with one attached hydrogen (secondary N) is 1. The van der Waals surface area contributed by atoms with Crippen LogP contribution in [0.1, 0.15) is 32.4 Å². The molecule has 0 aliphatic carbocycles. The zero-order valence-corrected chi connectivity index (χ0v) is 20.6. The van der Waals surface area contributed by atoms with E-state index < -0.39 is 55.8 Å². The summed E-state index contributed by atoms with van der Waals surface area (Å²) in [6.07, 6.45) is -1.23. The molecule has 14 nitrogen and oxygen atoms in total. The van der Waals surface area contributed by atoms with Gasteiger partial charge in [-0.05, 0) is 25.5 Å². The highest BCUT2D eigenvalue weighted by atomic mass is 31.1. The molecule has 0 saturated carbocycles. The molecule has 0 radical (unpaired) electrons. The molecule has 1 aliphatic rings. The molecule has 200 valence electrons. The maximum atomic E-state index is 12.4. The van der Waals surface area contributed by atoms with E-state index in [4.69, 9.17) is 23.8 Å². The van der Waals surface area contributed by atoms with Crippen molar-refractivity contribution in [2.45, 2.75) is 50.7 Å². The molecular weight excluding hydrogens is 513 g/mol. The van der Waals surface area contributed by atoms with E-state index in [2.05, 4.69) is 9.73 Å². The molecule has 0 bridgehead atoms. The van der Waals surface area contributed by atoms with Crippen molar-refractivity contribution in [3.8, 4) is 11.5 Å². The predicted molar refractivity (Wildman–Crippen MR) is 125 cm³/mol. The van der Waals surface area contributed by atoms with Crippen LogP contribution in [0.4, 0.5) is 0 Å². The third-order valence-corrected chi connectivity index (χ3v) is 6.07. The quantitative estimate of drug-likeness (QED) is 0.190. The van der Waals surface area contributed by atoms with Crippen molar-refractivity contribution >= 4 is 20.1 Å². The molecule has 37 heavy (non-hydrogen) atoms. The van der Waals surface area contributed by atoms with Gasteiger partial charge in [0.25, 0.3) is 5.56 Å². The number of H-pyrrole nitrogens is 1. The Hall–Kier alpha value is -3.58. The molecule has 1 aliphatic heterocycles. The Balaban J connectivity index is 1.56. The van der Waals surface area contributed by atoms with Gasteiger partial charge in [-0.25, -0.2) is 9.59 Å². The minimum absolute atomic E-state index is 0.0651. The number of ether oxygens (including phenoxy) is 3. The lowest BCUT2D eigenvalue weighted by atomic mass is 10.2. The second-order valence-electron chi connectivity index (χ2n) is 7.99. The number of esters is 1. The molecule has 1 fully saturated rings. The summed E-state index contributed by atoms with van der Waals surface area (Å²) in [5.41, 5.74) is -1.22. The fourth-order valence-corrected chi connectivity index (χ4v) is 4.06. The molecule has 5 atom stereocenters. The van der Waals surface area contributed by atoms with Crippen molar-refractivity contribution in [3.05, 3.63) is 57.4 Å². The Kier molecular flexibility index (Phi) is 9.92. The van der Waals surface area contributed by atoms with Gasteiger partial charge >= 0.3 is 25.8 Å². The van der Waals surface area contributed by atoms with Gasteiger partial charge in [0.1, 0.15) is 18.9 Å². The first-order chi connectivity index (χ1) is 17.6. The van der Waals surface area contributed by atoms with Crippen molar-refractivity contribution in [2.24, 2.45) is 4.74 Å². The van der Waals surface area contributed by atoms with Gasteiger partial charge in [-0.3, -0.25) is 23.7 Å². The third-order valence-electron chi connectivity index (χ3n) is 5.18. The zero-order chi connectivity index (χ0) is 26.9. The van der Waals surface area contributed by atoms with Crippen LogP contribution in [0.25, 0.3) is 0 Å². The standard InChI is InChI=1S/C22H26N3O11P/c1-13(21(30)33-10-4-7-20(28)29)24-37(32)36-16-6-3-2-5-15(16)34-12-17-14(26)11-19(35-17)25-9-8-18(27)23-22(25)31/h2-3,5-6,8-9,13-14,17,19,26H,4,7,10-12H2,1H3,(H,28,29)(H,23,27,31)/t13-,14-,17+,19+/m0/s1. The van der Waals surface area contributed by atoms with E-state index in [9.17, 15) is 29.2 Å². The first kappa shape index (κ1) is 28.0. The first-order valence-corrected chi connectivity index (χ1v) is 12.4. The topological polar surface area (TPSA) is 202 Å². The van der Waals surface area contributed by atoms with Crippen molar-refractivity contribution in [1.82, 2.24) is 9.55 Å². The Bertz CT molecular complexity index is 1240. The van der Waals surface area contributed by atoms with Crippen molar-refractivity contribution in [1.29, 1.82) is 0 Å². The van der Waals surface area contributed by atoms with E-state index in [1.165, 1.54) is 31.3 Å². The fraction of sp³-hybridized carbons (Fsp3) is 0.455. The maximum absolute atomic E-state index is 12.4. The highest BCUT2D eigenvalue weighted by Crippen LogP contribution is 2.34. The number of carboxylic acid groups (broad SMARTS) is 1. The van der Waals surface area contributed by atoms with Crippen LogP contribution in [0.5, 0.6) is 11.5 Å². The summed E-state index contributed by atoms with van der Waals surface area (Å²) in [6, 6.07) is 6.30. The average Bonchev–Trinajstić information content (AvgIpc) is 3.20. The number of hydrogen-bond acceptors (Lipinski definition) is 11. The van der Waals surface area contributed by atoms with Gasteiger partial charge in [-0.2, -0.15) is 0 Å². The SMILES string of the molecule is C[C@H](N=[P+]([O-])Oc1ccccc1OC[C@H]1O[C@@H](n2ccc(=O)[nH]c2=O)C[C@@H]1O)C(=O)OCCCC(=O)O. The summed E-state index contributed by atoms with van der Waals surface area (Å²) in [5, 5.41) is 18.9. The number of hydrogen-bond donors (Lipinski definition) is 3. The number of aliphatic hydroxyl groups is 1. The van der Waals surface area contributed by atoms with Crippen LogP contribution in [0, 0.1) is 0 Å². The number of rotatable bonds is 12. The van der Waals surface area contributed by atoms with Crippen LogP contribution in [0.15, 0.2) is 50.9 Å². The maximum Gasteiger partial charge on any atom is 0.395 e. The number of aromatic nitrogens is 2. The summed E-state index contributed by atoms with van der Waals surface area (Å²) in [7, 11) is -2.70. The molecule has 1 unspecified atom stereocenters. The number of benzene rings is 1. The van der Waals surface area contributed by atoms with Crippen LogP contribution < -0.4 is 25.4 Å². The molecule has 0 amide bonds. The second-order valence-corrected chi connectivity index (χ2v) is 8.88. The number of para-hydroxylation sites is 2.